The molecule has 1 amide bonds. The predicted octanol–water partition coefficient (Wildman–Crippen LogP) is 1.75. The number of benzene rings is 1. The molecular weight excluding hydrogens is 268 g/mol. The predicted molar refractivity (Wildman–Crippen MR) is 77.7 cm³/mol. The molecule has 5 heteroatoms. The second-order valence-corrected chi connectivity index (χ2v) is 5.41. The number of nitrogens with zero attached hydrogens (tertiary/aromatic N) is 1. The summed E-state index contributed by atoms with van der Waals surface area (Å²) in [4.78, 5) is 12.1. The van der Waals surface area contributed by atoms with E-state index >= 15 is 0 Å². The number of rotatable bonds is 4. The molecule has 1 fully saturated rings. The molecule has 5 nitrogen and oxygen atoms in total. The summed E-state index contributed by atoms with van der Waals surface area (Å²) in [5, 5.41) is 21.1. The molecule has 112 valence electrons. The summed E-state index contributed by atoms with van der Waals surface area (Å²) in [5.74, 6) is 0.413. The molecule has 1 aliphatic rings. The van der Waals surface area contributed by atoms with Crippen molar-refractivity contribution in [3.05, 3.63) is 29.8 Å². The van der Waals surface area contributed by atoms with E-state index < -0.39 is 6.10 Å². The van der Waals surface area contributed by atoms with Gasteiger partial charge >= 0.3 is 0 Å². The lowest BCUT2D eigenvalue weighted by Crippen LogP contribution is -2.44. The van der Waals surface area contributed by atoms with Gasteiger partial charge in [-0.1, -0.05) is 0 Å². The summed E-state index contributed by atoms with van der Waals surface area (Å²) >= 11 is 0. The van der Waals surface area contributed by atoms with Crippen molar-refractivity contribution in [2.45, 2.75) is 50.9 Å². The summed E-state index contributed by atoms with van der Waals surface area (Å²) in [6, 6.07) is 8.82. The first-order valence-corrected chi connectivity index (χ1v) is 7.23. The summed E-state index contributed by atoms with van der Waals surface area (Å²) in [7, 11) is 0. The topological polar surface area (TPSA) is 82.3 Å². The van der Waals surface area contributed by atoms with Crippen LogP contribution in [0, 0.1) is 11.3 Å². The maximum absolute atomic E-state index is 12.1. The number of nitrogens with one attached hydrogen (secondary N) is 1. The Balaban J connectivity index is 1.83. The molecule has 0 saturated heterocycles. The van der Waals surface area contributed by atoms with E-state index in [9.17, 15) is 9.90 Å². The Morgan fingerprint density at radius 2 is 1.95 bits per heavy atom. The van der Waals surface area contributed by atoms with Crippen molar-refractivity contribution in [1.82, 2.24) is 5.32 Å². The summed E-state index contributed by atoms with van der Waals surface area (Å²) in [6.07, 6.45) is 2.24. The van der Waals surface area contributed by atoms with Crippen LogP contribution in [-0.2, 0) is 4.79 Å². The maximum Gasteiger partial charge on any atom is 0.260 e. The molecular formula is C16H20N2O3. The highest BCUT2D eigenvalue weighted by molar-refractivity contribution is 5.81. The highest BCUT2D eigenvalue weighted by Crippen LogP contribution is 2.19. The third-order valence-corrected chi connectivity index (χ3v) is 3.71. The third kappa shape index (κ3) is 4.47. The number of hydrogen-bond donors (Lipinski definition) is 2. The largest absolute Gasteiger partial charge is 0.481 e. The summed E-state index contributed by atoms with van der Waals surface area (Å²) in [5.41, 5.74) is 0.556. The van der Waals surface area contributed by atoms with Gasteiger partial charge in [-0.15, -0.1) is 0 Å². The Hall–Kier alpha value is -2.06. The Bertz CT molecular complexity index is 513. The van der Waals surface area contributed by atoms with Crippen molar-refractivity contribution < 1.29 is 14.6 Å². The van der Waals surface area contributed by atoms with E-state index in [2.05, 4.69) is 5.32 Å². The van der Waals surface area contributed by atoms with Gasteiger partial charge in [0.2, 0.25) is 0 Å². The lowest BCUT2D eigenvalue weighted by atomic mass is 9.93. The lowest BCUT2D eigenvalue weighted by molar-refractivity contribution is -0.128. The van der Waals surface area contributed by atoms with E-state index in [-0.39, 0.29) is 18.1 Å². The number of amides is 1. The molecule has 1 aromatic carbocycles. The van der Waals surface area contributed by atoms with Crippen molar-refractivity contribution in [3.63, 3.8) is 0 Å². The number of aliphatic hydroxyl groups is 1. The minimum atomic E-state index is -0.593. The van der Waals surface area contributed by atoms with E-state index in [1.54, 1.807) is 31.2 Å². The Labute approximate surface area is 124 Å². The quantitative estimate of drug-likeness (QED) is 0.884. The molecule has 0 spiro atoms. The minimum Gasteiger partial charge on any atom is -0.481 e. The standard InChI is InChI=1S/C16H20N2O3/c1-11(21-15-8-2-12(10-17)3-9-15)16(20)18-13-4-6-14(19)7-5-13/h2-3,8-9,11,13-14,19H,4-7H2,1H3,(H,18,20). The van der Waals surface area contributed by atoms with Crippen LogP contribution in [0.4, 0.5) is 0 Å². The molecule has 21 heavy (non-hydrogen) atoms. The first-order chi connectivity index (χ1) is 10.1. The lowest BCUT2D eigenvalue weighted by Gasteiger charge is -2.27. The van der Waals surface area contributed by atoms with E-state index in [4.69, 9.17) is 10.00 Å². The van der Waals surface area contributed by atoms with Crippen LogP contribution < -0.4 is 10.1 Å². The van der Waals surface area contributed by atoms with E-state index in [1.165, 1.54) is 0 Å². The number of carbonyl (C=O) groups is 1. The molecule has 0 aliphatic heterocycles. The molecule has 1 aromatic rings. The van der Waals surface area contributed by atoms with Crippen LogP contribution >= 0.6 is 0 Å². The van der Waals surface area contributed by atoms with Crippen LogP contribution in [0.2, 0.25) is 0 Å². The van der Waals surface area contributed by atoms with Gasteiger partial charge < -0.3 is 15.2 Å². The zero-order chi connectivity index (χ0) is 15.2. The fourth-order valence-electron chi connectivity index (χ4n) is 2.40. The van der Waals surface area contributed by atoms with E-state index in [1.807, 2.05) is 6.07 Å². The highest BCUT2D eigenvalue weighted by Gasteiger charge is 2.23. The van der Waals surface area contributed by atoms with Gasteiger partial charge in [-0.25, -0.2) is 0 Å². The van der Waals surface area contributed by atoms with Crippen molar-refractivity contribution in [2.75, 3.05) is 0 Å². The van der Waals surface area contributed by atoms with Crippen molar-refractivity contribution >= 4 is 5.91 Å². The maximum atomic E-state index is 12.1. The first kappa shape index (κ1) is 15.3. The third-order valence-electron chi connectivity index (χ3n) is 3.71. The van der Waals surface area contributed by atoms with Gasteiger partial charge in [0, 0.05) is 6.04 Å². The Morgan fingerprint density at radius 3 is 2.52 bits per heavy atom. The van der Waals surface area contributed by atoms with Gasteiger partial charge in [0.15, 0.2) is 6.10 Å². The number of nitriles is 1. The molecule has 0 radical (unpaired) electrons. The zero-order valence-electron chi connectivity index (χ0n) is 12.1. The molecule has 0 aromatic heterocycles. The van der Waals surface area contributed by atoms with Crippen molar-refractivity contribution in [2.24, 2.45) is 0 Å². The number of ether oxygens (including phenoxy) is 1. The number of carbonyl (C=O) groups excluding carboxylic acids is 1. The van der Waals surface area contributed by atoms with Gasteiger partial charge in [-0.3, -0.25) is 4.79 Å². The van der Waals surface area contributed by atoms with Crippen molar-refractivity contribution in [1.29, 1.82) is 5.26 Å². The fourth-order valence-corrected chi connectivity index (χ4v) is 2.40. The molecule has 0 heterocycles. The Morgan fingerprint density at radius 1 is 1.33 bits per heavy atom. The molecule has 0 bridgehead atoms. The van der Waals surface area contributed by atoms with Crippen LogP contribution in [-0.4, -0.2) is 29.3 Å². The zero-order valence-corrected chi connectivity index (χ0v) is 12.1. The number of aliphatic hydroxyl groups excluding tert-OH is 1. The van der Waals surface area contributed by atoms with Gasteiger partial charge in [-0.2, -0.15) is 5.26 Å². The van der Waals surface area contributed by atoms with Crippen molar-refractivity contribution in [3.8, 4) is 11.8 Å². The molecule has 2 rings (SSSR count). The molecule has 1 saturated carbocycles. The van der Waals surface area contributed by atoms with Crippen LogP contribution in [0.5, 0.6) is 5.75 Å². The SMILES string of the molecule is CC(Oc1ccc(C#N)cc1)C(=O)NC1CCC(O)CC1. The fraction of sp³-hybridized carbons (Fsp3) is 0.500. The smallest absolute Gasteiger partial charge is 0.260 e. The highest BCUT2D eigenvalue weighted by atomic mass is 16.5. The van der Waals surface area contributed by atoms with E-state index in [0.29, 0.717) is 11.3 Å². The average molecular weight is 288 g/mol. The normalized spacial score (nSPS) is 22.9. The van der Waals surface area contributed by atoms with Crippen LogP contribution in [0.15, 0.2) is 24.3 Å². The summed E-state index contributed by atoms with van der Waals surface area (Å²) < 4.78 is 5.57. The molecule has 1 atom stereocenters. The monoisotopic (exact) mass is 288 g/mol. The minimum absolute atomic E-state index is 0.118. The first-order valence-electron chi connectivity index (χ1n) is 7.23. The number of hydrogen-bond acceptors (Lipinski definition) is 4. The van der Waals surface area contributed by atoms with Gasteiger partial charge in [0.05, 0.1) is 17.7 Å². The van der Waals surface area contributed by atoms with Crippen LogP contribution in [0.3, 0.4) is 0 Å². The average Bonchev–Trinajstić information content (AvgIpc) is 2.50. The molecule has 1 aliphatic carbocycles. The summed E-state index contributed by atoms with van der Waals surface area (Å²) in [6.45, 7) is 1.70. The van der Waals surface area contributed by atoms with Gasteiger partial charge in [0.25, 0.3) is 5.91 Å². The van der Waals surface area contributed by atoms with Crippen LogP contribution in [0.25, 0.3) is 0 Å². The van der Waals surface area contributed by atoms with Crippen LogP contribution in [0.1, 0.15) is 38.2 Å². The molecule has 1 unspecified atom stereocenters. The van der Waals surface area contributed by atoms with Gasteiger partial charge in [0.1, 0.15) is 5.75 Å². The molecule has 2 N–H and O–H groups in total. The second kappa shape index (κ2) is 7.09. The Kier molecular flexibility index (Phi) is 5.18. The second-order valence-electron chi connectivity index (χ2n) is 5.41. The van der Waals surface area contributed by atoms with Gasteiger partial charge in [-0.05, 0) is 56.9 Å². The van der Waals surface area contributed by atoms with E-state index in [0.717, 1.165) is 25.7 Å².